The first-order valence-electron chi connectivity index (χ1n) is 11.0. The summed E-state index contributed by atoms with van der Waals surface area (Å²) < 4.78 is 80.0. The van der Waals surface area contributed by atoms with Crippen LogP contribution in [0.25, 0.3) is 22.0 Å². The summed E-state index contributed by atoms with van der Waals surface area (Å²) in [7, 11) is 1.34. The molecular weight excluding hydrogens is 514 g/mol. The number of carbonyl (C=O) groups is 1. The van der Waals surface area contributed by atoms with Gasteiger partial charge in [0.15, 0.2) is 0 Å². The minimum absolute atomic E-state index is 0.0674. The molecule has 0 saturated carbocycles. The number of thioether (sulfide) groups is 1. The number of hydrogen-bond donors (Lipinski definition) is 0. The lowest BCUT2D eigenvalue weighted by molar-refractivity contribution is -0.143. The highest BCUT2D eigenvalue weighted by Gasteiger charge is 2.37. The normalized spacial score (nSPS) is 12.1. The lowest BCUT2D eigenvalue weighted by atomic mass is 9.95. The molecule has 0 fully saturated rings. The molecule has 3 aromatic carbocycles. The van der Waals surface area contributed by atoms with Gasteiger partial charge in [-0.3, -0.25) is 4.79 Å². The molecule has 0 aliphatic carbocycles. The van der Waals surface area contributed by atoms with Gasteiger partial charge in [0.2, 0.25) is 0 Å². The number of amides is 1. The van der Waals surface area contributed by atoms with Crippen molar-refractivity contribution in [1.29, 1.82) is 0 Å². The van der Waals surface area contributed by atoms with Crippen molar-refractivity contribution in [3.8, 4) is 11.1 Å². The quantitative estimate of drug-likeness (QED) is 0.193. The number of fused-ring (bicyclic) bond motifs is 1. The van der Waals surface area contributed by atoms with Gasteiger partial charge < -0.3 is 4.90 Å². The lowest BCUT2D eigenvalue weighted by Crippen LogP contribution is -2.28. The molecule has 0 radical (unpaired) electrons. The smallest absolute Gasteiger partial charge is 0.337 e. The van der Waals surface area contributed by atoms with Crippen LogP contribution in [-0.2, 0) is 18.9 Å². The number of halogens is 6. The van der Waals surface area contributed by atoms with Gasteiger partial charge in [0.25, 0.3) is 5.91 Å². The van der Waals surface area contributed by atoms with E-state index >= 15 is 0 Å². The van der Waals surface area contributed by atoms with Crippen molar-refractivity contribution >= 4 is 28.6 Å². The minimum atomic E-state index is -4.98. The van der Waals surface area contributed by atoms with Crippen molar-refractivity contribution in [3.05, 3.63) is 95.1 Å². The Morgan fingerprint density at radius 2 is 1.43 bits per heavy atom. The van der Waals surface area contributed by atoms with Crippen molar-refractivity contribution in [2.75, 3.05) is 13.3 Å². The Hall–Kier alpha value is -3.53. The number of para-hydroxylation sites is 1. The molecule has 10 heteroatoms. The van der Waals surface area contributed by atoms with Crippen LogP contribution in [0, 0.1) is 0 Å². The maximum Gasteiger partial charge on any atom is 0.416 e. The fraction of sp³-hybridized carbons (Fsp3) is 0.185. The van der Waals surface area contributed by atoms with E-state index in [2.05, 4.69) is 4.98 Å². The van der Waals surface area contributed by atoms with E-state index in [1.165, 1.54) is 18.8 Å². The number of rotatable bonds is 5. The van der Waals surface area contributed by atoms with Crippen LogP contribution >= 0.6 is 11.8 Å². The van der Waals surface area contributed by atoms with E-state index in [-0.39, 0.29) is 17.2 Å². The number of alkyl halides is 6. The van der Waals surface area contributed by atoms with Crippen LogP contribution in [0.4, 0.5) is 26.3 Å². The Labute approximate surface area is 213 Å². The molecular formula is C27H20F6N2OS. The van der Waals surface area contributed by atoms with Crippen LogP contribution < -0.4 is 0 Å². The number of nitrogens with zero attached hydrogens (tertiary/aromatic N) is 2. The summed E-state index contributed by atoms with van der Waals surface area (Å²) >= 11 is 1.23. The van der Waals surface area contributed by atoms with Crippen molar-refractivity contribution < 1.29 is 31.1 Å². The van der Waals surface area contributed by atoms with Crippen LogP contribution in [0.1, 0.15) is 27.0 Å². The molecule has 0 N–H and O–H groups in total. The second-order valence-corrected chi connectivity index (χ2v) is 9.12. The van der Waals surface area contributed by atoms with E-state index < -0.39 is 35.9 Å². The highest BCUT2D eigenvalue weighted by atomic mass is 32.2. The first-order chi connectivity index (χ1) is 17.4. The van der Waals surface area contributed by atoms with E-state index in [0.29, 0.717) is 33.6 Å². The first kappa shape index (κ1) is 26.5. The predicted octanol–water partition coefficient (Wildman–Crippen LogP) is 7.93. The summed E-state index contributed by atoms with van der Waals surface area (Å²) in [5, 5.41) is 1.09. The van der Waals surface area contributed by atoms with Gasteiger partial charge in [0.1, 0.15) is 5.03 Å². The summed E-state index contributed by atoms with van der Waals surface area (Å²) in [6.07, 6.45) is -8.22. The maximum atomic E-state index is 13.8. The van der Waals surface area contributed by atoms with Crippen LogP contribution in [0.5, 0.6) is 0 Å². The SMILES string of the molecule is CSc1nc2ccccc2c(-c2ccccc2)c1C(=O)N(C)Cc1cc(C(F)(F)F)cc(C(F)(F)F)c1. The van der Waals surface area contributed by atoms with Crippen LogP contribution in [-0.4, -0.2) is 29.1 Å². The number of benzene rings is 3. The Bertz CT molecular complexity index is 1420. The molecule has 0 aliphatic heterocycles. The minimum Gasteiger partial charge on any atom is -0.337 e. The second-order valence-electron chi connectivity index (χ2n) is 8.33. The third-order valence-corrected chi connectivity index (χ3v) is 6.42. The zero-order valence-electron chi connectivity index (χ0n) is 19.6. The van der Waals surface area contributed by atoms with Crippen molar-refractivity contribution in [2.24, 2.45) is 0 Å². The van der Waals surface area contributed by atoms with Gasteiger partial charge in [-0.1, -0.05) is 48.5 Å². The predicted molar refractivity (Wildman–Crippen MR) is 131 cm³/mol. The van der Waals surface area contributed by atoms with Crippen LogP contribution in [0.15, 0.2) is 77.8 Å². The van der Waals surface area contributed by atoms with Gasteiger partial charge in [-0.25, -0.2) is 4.98 Å². The maximum absolute atomic E-state index is 13.8. The number of pyridine rings is 1. The van der Waals surface area contributed by atoms with Gasteiger partial charge >= 0.3 is 12.4 Å². The van der Waals surface area contributed by atoms with Gasteiger partial charge in [-0.05, 0) is 41.6 Å². The van der Waals surface area contributed by atoms with Gasteiger partial charge in [-0.2, -0.15) is 26.3 Å². The second kappa shape index (κ2) is 10.1. The van der Waals surface area contributed by atoms with Crippen molar-refractivity contribution in [2.45, 2.75) is 23.9 Å². The Balaban J connectivity index is 1.83. The fourth-order valence-electron chi connectivity index (χ4n) is 4.09. The first-order valence-corrected chi connectivity index (χ1v) is 12.2. The molecule has 0 saturated heterocycles. The summed E-state index contributed by atoms with van der Waals surface area (Å²) in [5.74, 6) is -0.576. The van der Waals surface area contributed by atoms with Crippen molar-refractivity contribution in [1.82, 2.24) is 9.88 Å². The molecule has 0 atom stereocenters. The fourth-order valence-corrected chi connectivity index (χ4v) is 4.67. The van der Waals surface area contributed by atoms with Gasteiger partial charge in [0, 0.05) is 24.5 Å². The topological polar surface area (TPSA) is 33.2 Å². The highest BCUT2D eigenvalue weighted by Crippen LogP contribution is 2.38. The molecule has 3 nitrogen and oxygen atoms in total. The Morgan fingerprint density at radius 3 is 2.00 bits per heavy atom. The Morgan fingerprint density at radius 1 is 0.865 bits per heavy atom. The van der Waals surface area contributed by atoms with Gasteiger partial charge in [0.05, 0.1) is 22.2 Å². The third kappa shape index (κ3) is 5.58. The molecule has 0 aliphatic rings. The highest BCUT2D eigenvalue weighted by molar-refractivity contribution is 7.98. The molecule has 4 aromatic rings. The standard InChI is InChI=1S/C27H20F6N2OS/c1-35(15-16-12-18(26(28,29)30)14-19(13-16)27(31,32)33)25(36)23-22(17-8-4-3-5-9-17)20-10-6-7-11-21(20)34-24(23)37-2/h3-14H,15H2,1-2H3. The molecule has 37 heavy (non-hydrogen) atoms. The Kier molecular flexibility index (Phi) is 7.23. The monoisotopic (exact) mass is 534 g/mol. The summed E-state index contributed by atoms with van der Waals surface area (Å²) in [6.45, 7) is -0.472. The lowest BCUT2D eigenvalue weighted by Gasteiger charge is -2.23. The molecule has 1 amide bonds. The molecule has 1 aromatic heterocycles. The van der Waals surface area contributed by atoms with E-state index in [9.17, 15) is 31.1 Å². The molecule has 4 rings (SSSR count). The molecule has 0 spiro atoms. The average Bonchev–Trinajstić information content (AvgIpc) is 2.86. The average molecular weight is 535 g/mol. The number of aromatic nitrogens is 1. The van der Waals surface area contributed by atoms with E-state index in [1.54, 1.807) is 18.4 Å². The summed E-state index contributed by atoms with van der Waals surface area (Å²) in [6, 6.07) is 17.6. The zero-order chi connectivity index (χ0) is 27.0. The molecule has 0 unspecified atom stereocenters. The summed E-state index contributed by atoms with van der Waals surface area (Å²) in [4.78, 5) is 19.5. The third-order valence-electron chi connectivity index (χ3n) is 5.74. The molecule has 1 heterocycles. The van der Waals surface area contributed by atoms with E-state index in [1.807, 2.05) is 42.5 Å². The largest absolute Gasteiger partial charge is 0.416 e. The van der Waals surface area contributed by atoms with Crippen LogP contribution in [0.3, 0.4) is 0 Å². The summed E-state index contributed by atoms with van der Waals surface area (Å²) in [5.41, 5.74) is -0.959. The molecule has 192 valence electrons. The zero-order valence-corrected chi connectivity index (χ0v) is 20.4. The number of carbonyl (C=O) groups excluding carboxylic acids is 1. The van der Waals surface area contributed by atoms with Crippen LogP contribution in [0.2, 0.25) is 0 Å². The van der Waals surface area contributed by atoms with E-state index in [4.69, 9.17) is 0 Å². The number of hydrogen-bond acceptors (Lipinski definition) is 3. The molecule has 0 bridgehead atoms. The van der Waals surface area contributed by atoms with Gasteiger partial charge in [-0.15, -0.1) is 11.8 Å². The van der Waals surface area contributed by atoms with E-state index in [0.717, 1.165) is 10.5 Å². The van der Waals surface area contributed by atoms with Crippen molar-refractivity contribution in [3.63, 3.8) is 0 Å².